The van der Waals surface area contributed by atoms with Gasteiger partial charge in [-0.25, -0.2) is 0 Å². The van der Waals surface area contributed by atoms with E-state index in [2.05, 4.69) is 15.0 Å². The highest BCUT2D eigenvalue weighted by molar-refractivity contribution is 7.90. The van der Waals surface area contributed by atoms with Crippen LogP contribution < -0.4 is 10.6 Å². The standard InChI is InChI=1S/C22H25N3O5S/c1-16-10-12-17(13-11-16)24-21(27)20(26)23-14-6-2-3-7-15-30-22-18-8-4-5-9-19(18)31(28,29)25-22/h4-5,8-13H,2-3,6-7,14-15H2,1H3,(H,23,26)(H,24,27). The third kappa shape index (κ3) is 6.14. The number of nitrogens with one attached hydrogen (secondary N) is 2. The van der Waals surface area contributed by atoms with Gasteiger partial charge in [0, 0.05) is 12.2 Å². The Morgan fingerprint density at radius 2 is 1.65 bits per heavy atom. The van der Waals surface area contributed by atoms with Crippen LogP contribution in [0.25, 0.3) is 0 Å². The molecule has 0 unspecified atom stereocenters. The number of rotatable bonds is 8. The Morgan fingerprint density at radius 1 is 0.935 bits per heavy atom. The zero-order chi connectivity index (χ0) is 22.3. The molecule has 0 saturated carbocycles. The van der Waals surface area contributed by atoms with Gasteiger partial charge in [0.05, 0.1) is 12.2 Å². The van der Waals surface area contributed by atoms with Crippen LogP contribution in [0.1, 0.15) is 36.8 Å². The quantitative estimate of drug-likeness (QED) is 0.481. The number of anilines is 1. The Labute approximate surface area is 181 Å². The maximum atomic E-state index is 12.0. The number of benzene rings is 2. The minimum absolute atomic E-state index is 0.141. The van der Waals surface area contributed by atoms with Crippen LogP contribution in [0.2, 0.25) is 0 Å². The van der Waals surface area contributed by atoms with E-state index in [1.807, 2.05) is 19.1 Å². The number of hydrogen-bond acceptors (Lipinski definition) is 5. The van der Waals surface area contributed by atoms with Crippen molar-refractivity contribution in [3.05, 3.63) is 59.7 Å². The normalized spacial score (nSPS) is 13.8. The Morgan fingerprint density at radius 3 is 2.42 bits per heavy atom. The van der Waals surface area contributed by atoms with E-state index < -0.39 is 21.8 Å². The fourth-order valence-corrected chi connectivity index (χ4v) is 4.19. The number of carbonyl (C=O) groups is 2. The first kappa shape index (κ1) is 22.5. The van der Waals surface area contributed by atoms with E-state index in [1.165, 1.54) is 6.07 Å². The van der Waals surface area contributed by atoms with Gasteiger partial charge in [0.1, 0.15) is 4.90 Å². The summed E-state index contributed by atoms with van der Waals surface area (Å²) in [6.45, 7) is 2.70. The number of nitrogens with zero attached hydrogens (tertiary/aromatic N) is 1. The SMILES string of the molecule is Cc1ccc(NC(=O)C(=O)NCCCCCCOC2=NS(=O)(=O)c3ccccc32)cc1. The first-order valence-electron chi connectivity index (χ1n) is 10.1. The number of carbonyl (C=O) groups excluding carboxylic acids is 2. The molecule has 164 valence electrons. The summed E-state index contributed by atoms with van der Waals surface area (Å²) in [4.78, 5) is 23.9. The number of fused-ring (bicyclic) bond motifs is 1. The molecule has 2 amide bonds. The summed E-state index contributed by atoms with van der Waals surface area (Å²) in [7, 11) is -3.66. The molecule has 0 atom stereocenters. The molecule has 0 radical (unpaired) electrons. The lowest BCUT2D eigenvalue weighted by Crippen LogP contribution is -2.35. The predicted octanol–water partition coefficient (Wildman–Crippen LogP) is 2.78. The Kier molecular flexibility index (Phi) is 7.41. The monoisotopic (exact) mass is 443 g/mol. The van der Waals surface area contributed by atoms with E-state index in [4.69, 9.17) is 4.74 Å². The topological polar surface area (TPSA) is 114 Å². The molecular formula is C22H25N3O5S. The van der Waals surface area contributed by atoms with Crippen LogP contribution in [0.5, 0.6) is 0 Å². The summed E-state index contributed by atoms with van der Waals surface area (Å²) in [5, 5.41) is 5.16. The smallest absolute Gasteiger partial charge is 0.313 e. The maximum absolute atomic E-state index is 12.0. The first-order valence-corrected chi connectivity index (χ1v) is 11.5. The van der Waals surface area contributed by atoms with Crippen molar-refractivity contribution in [2.75, 3.05) is 18.5 Å². The molecule has 9 heteroatoms. The number of amides is 2. The van der Waals surface area contributed by atoms with E-state index in [-0.39, 0.29) is 10.8 Å². The number of aryl methyl sites for hydroxylation is 1. The zero-order valence-corrected chi connectivity index (χ0v) is 18.1. The number of unbranched alkanes of at least 4 members (excludes halogenated alkanes) is 3. The predicted molar refractivity (Wildman–Crippen MR) is 117 cm³/mol. The minimum atomic E-state index is -3.66. The van der Waals surface area contributed by atoms with E-state index in [1.54, 1.807) is 30.3 Å². The van der Waals surface area contributed by atoms with Gasteiger partial charge in [-0.2, -0.15) is 8.42 Å². The molecule has 2 aromatic carbocycles. The van der Waals surface area contributed by atoms with Gasteiger partial charge in [0.15, 0.2) is 0 Å². The molecule has 0 bridgehead atoms. The van der Waals surface area contributed by atoms with Gasteiger partial charge < -0.3 is 15.4 Å². The fraction of sp³-hybridized carbons (Fsp3) is 0.318. The van der Waals surface area contributed by atoms with Crippen LogP contribution in [0.3, 0.4) is 0 Å². The second-order valence-corrected chi connectivity index (χ2v) is 8.78. The van der Waals surface area contributed by atoms with Gasteiger partial charge in [-0.05, 0) is 44.0 Å². The van der Waals surface area contributed by atoms with Gasteiger partial charge in [-0.15, -0.1) is 4.40 Å². The van der Waals surface area contributed by atoms with Crippen molar-refractivity contribution in [3.63, 3.8) is 0 Å². The average molecular weight is 444 g/mol. The van der Waals surface area contributed by atoms with Crippen LogP contribution in [0, 0.1) is 6.92 Å². The number of sulfonamides is 1. The molecule has 3 rings (SSSR count). The third-order valence-electron chi connectivity index (χ3n) is 4.71. The molecule has 0 aromatic heterocycles. The lowest BCUT2D eigenvalue weighted by molar-refractivity contribution is -0.136. The van der Waals surface area contributed by atoms with Crippen LogP contribution in [0.15, 0.2) is 57.8 Å². The summed E-state index contributed by atoms with van der Waals surface area (Å²) in [5.74, 6) is -1.21. The maximum Gasteiger partial charge on any atom is 0.313 e. The molecule has 1 aliphatic rings. The Bertz CT molecular complexity index is 1080. The molecule has 2 N–H and O–H groups in total. The summed E-state index contributed by atoms with van der Waals surface area (Å²) in [6, 6.07) is 13.8. The molecule has 1 aliphatic heterocycles. The molecule has 31 heavy (non-hydrogen) atoms. The van der Waals surface area contributed by atoms with Crippen molar-refractivity contribution in [2.45, 2.75) is 37.5 Å². The second kappa shape index (κ2) is 10.2. The molecule has 0 spiro atoms. The number of ether oxygens (including phenoxy) is 1. The summed E-state index contributed by atoms with van der Waals surface area (Å²) in [6.07, 6.45) is 3.13. The van der Waals surface area contributed by atoms with Gasteiger partial charge in [0.25, 0.3) is 10.0 Å². The van der Waals surface area contributed by atoms with Crippen molar-refractivity contribution in [3.8, 4) is 0 Å². The van der Waals surface area contributed by atoms with Crippen LogP contribution >= 0.6 is 0 Å². The van der Waals surface area contributed by atoms with Crippen molar-refractivity contribution < 1.29 is 22.7 Å². The molecular weight excluding hydrogens is 418 g/mol. The highest BCUT2D eigenvalue weighted by Gasteiger charge is 2.29. The molecule has 8 nitrogen and oxygen atoms in total. The zero-order valence-electron chi connectivity index (χ0n) is 17.3. The molecule has 0 aliphatic carbocycles. The van der Waals surface area contributed by atoms with Gasteiger partial charge in [-0.1, -0.05) is 42.7 Å². The van der Waals surface area contributed by atoms with E-state index >= 15 is 0 Å². The van der Waals surface area contributed by atoms with Crippen LogP contribution in [-0.2, 0) is 24.3 Å². The Balaban J connectivity index is 1.28. The largest absolute Gasteiger partial charge is 0.477 e. The Hall–Kier alpha value is -3.20. The van der Waals surface area contributed by atoms with Crippen molar-refractivity contribution in [2.24, 2.45) is 4.40 Å². The molecule has 1 heterocycles. The van der Waals surface area contributed by atoms with E-state index in [0.717, 1.165) is 31.2 Å². The van der Waals surface area contributed by atoms with Gasteiger partial charge in [0.2, 0.25) is 5.90 Å². The fourth-order valence-electron chi connectivity index (χ4n) is 3.04. The van der Waals surface area contributed by atoms with Gasteiger partial charge >= 0.3 is 11.8 Å². The summed E-state index contributed by atoms with van der Waals surface area (Å²) in [5.41, 5.74) is 2.14. The highest BCUT2D eigenvalue weighted by atomic mass is 32.2. The lowest BCUT2D eigenvalue weighted by atomic mass is 10.2. The summed E-state index contributed by atoms with van der Waals surface area (Å²) >= 11 is 0. The second-order valence-electron chi connectivity index (χ2n) is 7.21. The van der Waals surface area contributed by atoms with Gasteiger partial charge in [-0.3, -0.25) is 9.59 Å². The molecule has 0 saturated heterocycles. The molecule has 0 fully saturated rings. The van der Waals surface area contributed by atoms with Crippen LogP contribution in [-0.4, -0.2) is 39.3 Å². The van der Waals surface area contributed by atoms with E-state index in [9.17, 15) is 18.0 Å². The molecule has 2 aromatic rings. The minimum Gasteiger partial charge on any atom is -0.477 e. The third-order valence-corrected chi connectivity index (χ3v) is 6.03. The van der Waals surface area contributed by atoms with Crippen molar-refractivity contribution in [1.29, 1.82) is 0 Å². The van der Waals surface area contributed by atoms with E-state index in [0.29, 0.717) is 24.4 Å². The number of hydrogen-bond donors (Lipinski definition) is 2. The van der Waals surface area contributed by atoms with Crippen LogP contribution in [0.4, 0.5) is 5.69 Å². The average Bonchev–Trinajstić information content (AvgIpc) is 3.02. The first-order chi connectivity index (χ1) is 14.9. The highest BCUT2D eigenvalue weighted by Crippen LogP contribution is 2.26. The van der Waals surface area contributed by atoms with Crippen molar-refractivity contribution in [1.82, 2.24) is 5.32 Å². The summed E-state index contributed by atoms with van der Waals surface area (Å²) < 4.78 is 33.2. The van der Waals surface area contributed by atoms with Crippen molar-refractivity contribution >= 4 is 33.4 Å². The lowest BCUT2D eigenvalue weighted by Gasteiger charge is -2.07.